The third-order valence-corrected chi connectivity index (χ3v) is 3.81. The van der Waals surface area contributed by atoms with Crippen LogP contribution < -0.4 is 10.6 Å². The molecule has 3 aromatic rings. The molecule has 2 aromatic heterocycles. The van der Waals surface area contributed by atoms with E-state index in [4.69, 9.17) is 11.6 Å². The number of nitrogens with zero attached hydrogens (tertiary/aromatic N) is 4. The number of hydrogen-bond acceptors (Lipinski definition) is 7. The highest BCUT2D eigenvalue weighted by Crippen LogP contribution is 2.37. The molecule has 0 aliphatic carbocycles. The number of hydrogen-bond donors (Lipinski definition) is 2. The quantitative estimate of drug-likeness (QED) is 0.453. The number of nitrogens with one attached hydrogen (secondary N) is 2. The van der Waals surface area contributed by atoms with Crippen LogP contribution in [0.5, 0.6) is 0 Å². The molecule has 0 unspecified atom stereocenters. The van der Waals surface area contributed by atoms with Crippen LogP contribution in [-0.4, -0.2) is 19.9 Å². The summed E-state index contributed by atoms with van der Waals surface area (Å²) in [5.41, 5.74) is -1.30. The molecule has 28 heavy (non-hydrogen) atoms. The number of rotatable bonds is 5. The summed E-state index contributed by atoms with van der Waals surface area (Å²) in [5.74, 6) is -0.494. The number of alkyl halides is 3. The molecule has 144 valence electrons. The van der Waals surface area contributed by atoms with E-state index in [0.29, 0.717) is 5.69 Å². The fraction of sp³-hybridized carbons (Fsp3) is 0.0625. The average Bonchev–Trinajstić information content (AvgIpc) is 2.63. The molecule has 0 bridgehead atoms. The van der Waals surface area contributed by atoms with Crippen molar-refractivity contribution in [3.63, 3.8) is 0 Å². The molecule has 8 nitrogen and oxygen atoms in total. The van der Waals surface area contributed by atoms with Crippen LogP contribution in [0, 0.1) is 10.1 Å². The first-order valence-corrected chi connectivity index (χ1v) is 7.93. The van der Waals surface area contributed by atoms with Gasteiger partial charge in [-0.1, -0.05) is 11.6 Å². The lowest BCUT2D eigenvalue weighted by molar-refractivity contribution is -0.383. The SMILES string of the molecule is O=[N+]([O-])c1c(Nc2cccnc2)ncnc1Nc1cc(C(F)(F)F)ccc1Cl. The Morgan fingerprint density at radius 2 is 1.82 bits per heavy atom. The molecule has 0 atom stereocenters. The number of nitro groups is 1. The van der Waals surface area contributed by atoms with E-state index in [9.17, 15) is 23.3 Å². The van der Waals surface area contributed by atoms with Gasteiger partial charge in [-0.25, -0.2) is 9.97 Å². The highest BCUT2D eigenvalue weighted by atomic mass is 35.5. The maximum absolute atomic E-state index is 12.9. The summed E-state index contributed by atoms with van der Waals surface area (Å²) in [6.45, 7) is 0. The maximum Gasteiger partial charge on any atom is 0.416 e. The fourth-order valence-corrected chi connectivity index (χ4v) is 2.40. The van der Waals surface area contributed by atoms with Crippen LogP contribution in [0.15, 0.2) is 49.1 Å². The minimum absolute atomic E-state index is 0.0670. The van der Waals surface area contributed by atoms with E-state index in [0.717, 1.165) is 24.5 Å². The van der Waals surface area contributed by atoms with Gasteiger partial charge in [0, 0.05) is 6.20 Å². The lowest BCUT2D eigenvalue weighted by atomic mass is 10.2. The van der Waals surface area contributed by atoms with Crippen molar-refractivity contribution in [3.05, 3.63) is 69.8 Å². The fourth-order valence-electron chi connectivity index (χ4n) is 2.23. The van der Waals surface area contributed by atoms with E-state index in [2.05, 4.69) is 25.6 Å². The molecular formula is C16H10ClF3N6O2. The predicted octanol–water partition coefficient (Wildman–Crippen LogP) is 4.94. The summed E-state index contributed by atoms with van der Waals surface area (Å²) in [7, 11) is 0. The summed E-state index contributed by atoms with van der Waals surface area (Å²) in [6.07, 6.45) is -0.647. The zero-order valence-electron chi connectivity index (χ0n) is 13.7. The topological polar surface area (TPSA) is 106 Å². The standard InChI is InChI=1S/C16H10ClF3N6O2/c17-11-4-3-9(16(18,19)20)6-12(11)25-15-13(26(27)28)14(22-8-23-15)24-10-2-1-5-21-7-10/h1-8H,(H2,22,23,24,25). The van der Waals surface area contributed by atoms with Crippen LogP contribution in [0.2, 0.25) is 5.02 Å². The summed E-state index contributed by atoms with van der Waals surface area (Å²) >= 11 is 5.93. The number of anilines is 4. The summed E-state index contributed by atoms with van der Waals surface area (Å²) in [4.78, 5) is 22.3. The second-order valence-electron chi connectivity index (χ2n) is 5.36. The van der Waals surface area contributed by atoms with Gasteiger partial charge in [-0.3, -0.25) is 15.1 Å². The van der Waals surface area contributed by atoms with Crippen LogP contribution in [0.25, 0.3) is 0 Å². The third kappa shape index (κ3) is 4.26. The smallest absolute Gasteiger partial charge is 0.333 e. The molecule has 0 spiro atoms. The normalized spacial score (nSPS) is 11.1. The van der Waals surface area contributed by atoms with Crippen LogP contribution in [-0.2, 0) is 6.18 Å². The largest absolute Gasteiger partial charge is 0.416 e. The molecule has 0 radical (unpaired) electrons. The molecule has 0 fully saturated rings. The van der Waals surface area contributed by atoms with E-state index >= 15 is 0 Å². The van der Waals surface area contributed by atoms with Crippen LogP contribution in [0.4, 0.5) is 41.9 Å². The van der Waals surface area contributed by atoms with Crippen molar-refractivity contribution < 1.29 is 18.1 Å². The molecule has 0 saturated heterocycles. The number of aromatic nitrogens is 3. The van der Waals surface area contributed by atoms with Gasteiger partial charge in [-0.05, 0) is 30.3 Å². The minimum Gasteiger partial charge on any atom is -0.333 e. The zero-order valence-corrected chi connectivity index (χ0v) is 14.5. The summed E-state index contributed by atoms with van der Waals surface area (Å²) in [6, 6.07) is 5.79. The summed E-state index contributed by atoms with van der Waals surface area (Å²) < 4.78 is 38.8. The highest BCUT2D eigenvalue weighted by Gasteiger charge is 2.31. The Labute approximate surface area is 160 Å². The lowest BCUT2D eigenvalue weighted by Crippen LogP contribution is -2.08. The third-order valence-electron chi connectivity index (χ3n) is 3.48. The first kappa shape index (κ1) is 19.3. The van der Waals surface area contributed by atoms with Gasteiger partial charge in [-0.15, -0.1) is 0 Å². The molecule has 2 N–H and O–H groups in total. The van der Waals surface area contributed by atoms with Gasteiger partial charge in [0.05, 0.1) is 33.1 Å². The van der Waals surface area contributed by atoms with Gasteiger partial charge in [0.25, 0.3) is 0 Å². The Balaban J connectivity index is 2.01. The molecule has 0 amide bonds. The molecule has 3 rings (SSSR count). The van der Waals surface area contributed by atoms with E-state index < -0.39 is 22.4 Å². The second-order valence-corrected chi connectivity index (χ2v) is 5.77. The Morgan fingerprint density at radius 3 is 2.43 bits per heavy atom. The molecular weight excluding hydrogens is 401 g/mol. The van der Waals surface area contributed by atoms with Crippen molar-refractivity contribution in [2.75, 3.05) is 10.6 Å². The predicted molar refractivity (Wildman–Crippen MR) is 95.9 cm³/mol. The van der Waals surface area contributed by atoms with Gasteiger partial charge in [0.2, 0.25) is 11.6 Å². The Morgan fingerprint density at radius 1 is 1.11 bits per heavy atom. The van der Waals surface area contributed by atoms with Crippen LogP contribution in [0.1, 0.15) is 5.56 Å². The van der Waals surface area contributed by atoms with Gasteiger partial charge in [0.15, 0.2) is 0 Å². The van der Waals surface area contributed by atoms with Crippen molar-refractivity contribution in [3.8, 4) is 0 Å². The first-order valence-electron chi connectivity index (χ1n) is 7.56. The van der Waals surface area contributed by atoms with E-state index in [-0.39, 0.29) is 22.3 Å². The minimum atomic E-state index is -4.61. The van der Waals surface area contributed by atoms with Crippen molar-refractivity contribution in [1.29, 1.82) is 0 Å². The van der Waals surface area contributed by atoms with Gasteiger partial charge < -0.3 is 10.6 Å². The monoisotopic (exact) mass is 410 g/mol. The van der Waals surface area contributed by atoms with Gasteiger partial charge in [-0.2, -0.15) is 13.2 Å². The average molecular weight is 411 g/mol. The lowest BCUT2D eigenvalue weighted by Gasteiger charge is -2.13. The van der Waals surface area contributed by atoms with Crippen LogP contribution >= 0.6 is 11.6 Å². The molecule has 0 aliphatic rings. The number of pyridine rings is 1. The summed E-state index contributed by atoms with van der Waals surface area (Å²) in [5, 5.41) is 16.7. The molecule has 1 aromatic carbocycles. The molecule has 0 saturated carbocycles. The van der Waals surface area contributed by atoms with Crippen molar-refractivity contribution in [2.24, 2.45) is 0 Å². The Bertz CT molecular complexity index is 1020. The molecule has 2 heterocycles. The molecule has 0 aliphatic heterocycles. The molecule has 12 heteroatoms. The van der Waals surface area contributed by atoms with E-state index in [1.165, 1.54) is 12.4 Å². The van der Waals surface area contributed by atoms with Crippen molar-refractivity contribution in [2.45, 2.75) is 6.18 Å². The van der Waals surface area contributed by atoms with Crippen LogP contribution in [0.3, 0.4) is 0 Å². The number of halogens is 4. The highest BCUT2D eigenvalue weighted by molar-refractivity contribution is 6.33. The Hall–Kier alpha value is -3.47. The van der Waals surface area contributed by atoms with E-state index in [1.807, 2.05) is 0 Å². The van der Waals surface area contributed by atoms with Gasteiger partial charge >= 0.3 is 11.9 Å². The van der Waals surface area contributed by atoms with Crippen molar-refractivity contribution >= 4 is 40.3 Å². The number of benzene rings is 1. The first-order chi connectivity index (χ1) is 13.3. The van der Waals surface area contributed by atoms with E-state index in [1.54, 1.807) is 12.1 Å². The van der Waals surface area contributed by atoms with Gasteiger partial charge in [0.1, 0.15) is 6.33 Å². The Kier molecular flexibility index (Phi) is 5.27. The second kappa shape index (κ2) is 7.64. The van der Waals surface area contributed by atoms with Crippen molar-refractivity contribution in [1.82, 2.24) is 15.0 Å². The zero-order chi connectivity index (χ0) is 20.3. The maximum atomic E-state index is 12.9.